The zero-order valence-corrected chi connectivity index (χ0v) is 11.4. The van der Waals surface area contributed by atoms with E-state index in [4.69, 9.17) is 9.62 Å². The molecule has 0 aliphatic carbocycles. The van der Waals surface area contributed by atoms with Crippen LogP contribution in [0.15, 0.2) is 24.3 Å². The largest absolute Gasteiger partial charge is 0.462 e. The van der Waals surface area contributed by atoms with Gasteiger partial charge in [0.25, 0.3) is 0 Å². The van der Waals surface area contributed by atoms with Crippen LogP contribution in [0.1, 0.15) is 27.7 Å². The quantitative estimate of drug-likeness (QED) is 0.302. The average Bonchev–Trinajstić information content (AvgIpc) is 2.25. The van der Waals surface area contributed by atoms with Crippen LogP contribution in [0.2, 0.25) is 0 Å². The lowest BCUT2D eigenvalue weighted by Gasteiger charge is -2.22. The molecule has 5 heteroatoms. The maximum absolute atomic E-state index is 11.2. The van der Waals surface area contributed by atoms with Gasteiger partial charge in [-0.25, -0.2) is 9.59 Å². The zero-order chi connectivity index (χ0) is 14.3. The number of hydrogen-bond donors (Lipinski definition) is 0. The number of hydrogen-bond acceptors (Lipinski definition) is 5. The number of esters is 1. The maximum atomic E-state index is 11.2. The molecule has 0 unspecified atom stereocenters. The van der Waals surface area contributed by atoms with E-state index in [0.717, 1.165) is 0 Å². The van der Waals surface area contributed by atoms with Crippen molar-refractivity contribution in [1.82, 2.24) is 0 Å². The van der Waals surface area contributed by atoms with Crippen LogP contribution in [-0.2, 0) is 24.1 Å². The molecule has 0 aliphatic heterocycles. The van der Waals surface area contributed by atoms with E-state index in [0.29, 0.717) is 5.57 Å². The lowest BCUT2D eigenvalue weighted by atomic mass is 9.96. The molecule has 5 nitrogen and oxygen atoms in total. The van der Waals surface area contributed by atoms with Gasteiger partial charge >= 0.3 is 11.9 Å². The number of ether oxygens (including phenoxy) is 1. The molecule has 0 aromatic carbocycles. The summed E-state index contributed by atoms with van der Waals surface area (Å²) >= 11 is 0. The van der Waals surface area contributed by atoms with Gasteiger partial charge in [-0.1, -0.05) is 27.0 Å². The summed E-state index contributed by atoms with van der Waals surface area (Å²) in [5.41, 5.74) is 0.113. The molecule has 0 N–H and O–H groups in total. The Hall–Kier alpha value is -1.62. The van der Waals surface area contributed by atoms with Crippen molar-refractivity contribution < 1.29 is 24.1 Å². The van der Waals surface area contributed by atoms with Gasteiger partial charge in [-0.15, -0.1) is 0 Å². The van der Waals surface area contributed by atoms with Crippen LogP contribution < -0.4 is 0 Å². The molecule has 0 saturated carbocycles. The molecular weight excluding hydrogens is 236 g/mol. The molecule has 0 amide bonds. The summed E-state index contributed by atoms with van der Waals surface area (Å²) in [4.78, 5) is 31.5. The molecule has 0 saturated heterocycles. The van der Waals surface area contributed by atoms with Crippen LogP contribution in [0.5, 0.6) is 0 Å². The third-order valence-electron chi connectivity index (χ3n) is 1.88. The van der Waals surface area contributed by atoms with Crippen LogP contribution in [0.3, 0.4) is 0 Å². The first-order chi connectivity index (χ1) is 8.15. The van der Waals surface area contributed by atoms with Crippen LogP contribution >= 0.6 is 0 Å². The summed E-state index contributed by atoms with van der Waals surface area (Å²) < 4.78 is 5.00. The fourth-order valence-electron chi connectivity index (χ4n) is 0.739. The Kier molecular flexibility index (Phi) is 6.33. The SMILES string of the molecule is C=C(C)C(=O)OCC(C)(C)COOC(=O)C(=C)C. The zero-order valence-electron chi connectivity index (χ0n) is 11.4. The molecule has 0 aromatic heterocycles. The molecule has 0 aliphatic rings. The van der Waals surface area contributed by atoms with E-state index in [1.54, 1.807) is 6.92 Å². The first kappa shape index (κ1) is 16.4. The molecule has 102 valence electrons. The van der Waals surface area contributed by atoms with E-state index in [1.165, 1.54) is 6.92 Å². The van der Waals surface area contributed by atoms with Gasteiger partial charge in [-0.2, -0.15) is 4.89 Å². The van der Waals surface area contributed by atoms with Gasteiger partial charge in [0, 0.05) is 16.6 Å². The molecule has 0 rings (SSSR count). The molecule has 0 spiro atoms. The highest BCUT2D eigenvalue weighted by Gasteiger charge is 2.22. The molecule has 0 radical (unpaired) electrons. The van der Waals surface area contributed by atoms with Crippen molar-refractivity contribution in [3.05, 3.63) is 24.3 Å². The fourth-order valence-corrected chi connectivity index (χ4v) is 0.739. The minimum atomic E-state index is -0.621. The second-order valence-electron chi connectivity index (χ2n) is 4.93. The van der Waals surface area contributed by atoms with E-state index in [-0.39, 0.29) is 18.8 Å². The third-order valence-corrected chi connectivity index (χ3v) is 1.88. The highest BCUT2D eigenvalue weighted by atomic mass is 17.2. The maximum Gasteiger partial charge on any atom is 0.368 e. The lowest BCUT2D eigenvalue weighted by Crippen LogP contribution is -2.28. The smallest absolute Gasteiger partial charge is 0.368 e. The van der Waals surface area contributed by atoms with Crippen molar-refractivity contribution in [3.63, 3.8) is 0 Å². The highest BCUT2D eigenvalue weighted by molar-refractivity contribution is 5.87. The second-order valence-corrected chi connectivity index (χ2v) is 4.93. The number of carbonyl (C=O) groups excluding carboxylic acids is 2. The Labute approximate surface area is 107 Å². The van der Waals surface area contributed by atoms with Crippen molar-refractivity contribution >= 4 is 11.9 Å². The topological polar surface area (TPSA) is 61.8 Å². The van der Waals surface area contributed by atoms with E-state index in [2.05, 4.69) is 18.0 Å². The molecule has 0 aromatic rings. The lowest BCUT2D eigenvalue weighted by molar-refractivity contribution is -0.282. The Balaban J connectivity index is 4.01. The van der Waals surface area contributed by atoms with Crippen molar-refractivity contribution in [2.24, 2.45) is 5.41 Å². The summed E-state index contributed by atoms with van der Waals surface area (Å²) in [5, 5.41) is 0. The van der Waals surface area contributed by atoms with Crippen molar-refractivity contribution in [2.75, 3.05) is 13.2 Å². The number of carbonyl (C=O) groups is 2. The summed E-state index contributed by atoms with van der Waals surface area (Å²) in [6, 6.07) is 0. The summed E-state index contributed by atoms with van der Waals surface area (Å²) in [5.74, 6) is -1.08. The van der Waals surface area contributed by atoms with E-state index >= 15 is 0 Å². The average molecular weight is 256 g/mol. The molecular formula is C13H20O5. The van der Waals surface area contributed by atoms with E-state index in [9.17, 15) is 9.59 Å². The van der Waals surface area contributed by atoms with Gasteiger partial charge in [0.1, 0.15) is 6.61 Å². The Bertz CT molecular complexity index is 354. The first-order valence-electron chi connectivity index (χ1n) is 5.47. The van der Waals surface area contributed by atoms with Crippen LogP contribution in [0, 0.1) is 5.41 Å². The van der Waals surface area contributed by atoms with Crippen LogP contribution in [0.25, 0.3) is 0 Å². The van der Waals surface area contributed by atoms with Crippen molar-refractivity contribution in [3.8, 4) is 0 Å². The van der Waals surface area contributed by atoms with Gasteiger partial charge in [-0.05, 0) is 13.8 Å². The van der Waals surface area contributed by atoms with Crippen LogP contribution in [-0.4, -0.2) is 25.2 Å². The van der Waals surface area contributed by atoms with Crippen molar-refractivity contribution in [1.29, 1.82) is 0 Å². The van der Waals surface area contributed by atoms with Gasteiger partial charge in [0.15, 0.2) is 0 Å². The number of rotatable bonds is 7. The molecule has 0 bridgehead atoms. The Morgan fingerprint density at radius 3 is 1.94 bits per heavy atom. The standard InChI is InChI=1S/C13H20O5/c1-9(2)11(14)16-7-13(5,6)8-17-18-12(15)10(3)4/h1,3,7-8H2,2,4-6H3. The summed E-state index contributed by atoms with van der Waals surface area (Å²) in [7, 11) is 0. The minimum absolute atomic E-state index is 0.107. The second kappa shape index (κ2) is 6.96. The van der Waals surface area contributed by atoms with E-state index in [1.807, 2.05) is 13.8 Å². The highest BCUT2D eigenvalue weighted by Crippen LogP contribution is 2.17. The molecule has 18 heavy (non-hydrogen) atoms. The Morgan fingerprint density at radius 2 is 1.50 bits per heavy atom. The van der Waals surface area contributed by atoms with E-state index < -0.39 is 17.4 Å². The predicted molar refractivity (Wildman–Crippen MR) is 66.4 cm³/mol. The molecule has 0 atom stereocenters. The molecule has 0 heterocycles. The van der Waals surface area contributed by atoms with Crippen molar-refractivity contribution in [2.45, 2.75) is 27.7 Å². The molecule has 0 fully saturated rings. The normalized spacial score (nSPS) is 10.7. The van der Waals surface area contributed by atoms with Gasteiger partial charge < -0.3 is 4.74 Å². The van der Waals surface area contributed by atoms with Crippen LogP contribution in [0.4, 0.5) is 0 Å². The minimum Gasteiger partial charge on any atom is -0.462 e. The summed E-state index contributed by atoms with van der Waals surface area (Å²) in [6.45, 7) is 13.9. The third kappa shape index (κ3) is 6.85. The predicted octanol–water partition coefficient (Wildman–Crippen LogP) is 2.18. The van der Waals surface area contributed by atoms with Gasteiger partial charge in [-0.3, -0.25) is 4.89 Å². The van der Waals surface area contributed by atoms with Gasteiger partial charge in [0.05, 0.1) is 6.61 Å². The van der Waals surface area contributed by atoms with Gasteiger partial charge in [0.2, 0.25) is 0 Å². The monoisotopic (exact) mass is 256 g/mol. The summed E-state index contributed by atoms with van der Waals surface area (Å²) in [6.07, 6.45) is 0. The first-order valence-corrected chi connectivity index (χ1v) is 5.47. The Morgan fingerprint density at radius 1 is 1.00 bits per heavy atom. The fraction of sp³-hybridized carbons (Fsp3) is 0.538.